The van der Waals surface area contributed by atoms with E-state index in [1.54, 1.807) is 13.8 Å². The van der Waals surface area contributed by atoms with E-state index in [0.29, 0.717) is 0 Å². The van der Waals surface area contributed by atoms with Gasteiger partial charge in [-0.2, -0.15) is 0 Å². The molecule has 70 valence electrons. The molecule has 0 aromatic carbocycles. The summed E-state index contributed by atoms with van der Waals surface area (Å²) in [6, 6.07) is -0.484. The SMILES string of the molecule is CNC(=O)C(C)NC(=O)C(C)Br. The predicted octanol–water partition coefficient (Wildman–Crippen LogP) is 0.0205. The van der Waals surface area contributed by atoms with Gasteiger partial charge >= 0.3 is 0 Å². The summed E-state index contributed by atoms with van der Waals surface area (Å²) < 4.78 is 0. The van der Waals surface area contributed by atoms with Gasteiger partial charge in [0.2, 0.25) is 11.8 Å². The highest BCUT2D eigenvalue weighted by atomic mass is 79.9. The number of hydrogen-bond acceptors (Lipinski definition) is 2. The Morgan fingerprint density at radius 1 is 1.25 bits per heavy atom. The lowest BCUT2D eigenvalue weighted by Gasteiger charge is -2.12. The Bertz CT molecular complexity index is 182. The van der Waals surface area contributed by atoms with Crippen LogP contribution in [0.15, 0.2) is 0 Å². The van der Waals surface area contributed by atoms with Gasteiger partial charge in [0, 0.05) is 7.05 Å². The number of halogens is 1. The van der Waals surface area contributed by atoms with Crippen LogP contribution in [-0.4, -0.2) is 29.7 Å². The zero-order valence-electron chi connectivity index (χ0n) is 7.35. The van der Waals surface area contributed by atoms with Crippen molar-refractivity contribution in [3.05, 3.63) is 0 Å². The molecular weight excluding hydrogens is 224 g/mol. The van der Waals surface area contributed by atoms with Crippen LogP contribution in [0.2, 0.25) is 0 Å². The standard InChI is InChI=1S/C7H13BrN2O2/c1-4(8)6(11)10-5(2)7(12)9-3/h4-5H,1-3H3,(H,9,12)(H,10,11). The maximum Gasteiger partial charge on any atom is 0.242 e. The minimum Gasteiger partial charge on any atom is -0.357 e. The third kappa shape index (κ3) is 3.71. The molecule has 0 aromatic heterocycles. The lowest BCUT2D eigenvalue weighted by Crippen LogP contribution is -2.45. The molecule has 0 heterocycles. The molecule has 2 unspecified atom stereocenters. The van der Waals surface area contributed by atoms with Crippen molar-refractivity contribution in [2.75, 3.05) is 7.05 Å². The minimum absolute atomic E-state index is 0.189. The predicted molar refractivity (Wildman–Crippen MR) is 50.1 cm³/mol. The number of amides is 2. The fraction of sp³-hybridized carbons (Fsp3) is 0.714. The maximum atomic E-state index is 11.0. The van der Waals surface area contributed by atoms with E-state index in [1.165, 1.54) is 7.05 Å². The van der Waals surface area contributed by atoms with E-state index in [4.69, 9.17) is 0 Å². The molecule has 0 fully saturated rings. The van der Waals surface area contributed by atoms with Crippen LogP contribution in [0.3, 0.4) is 0 Å². The van der Waals surface area contributed by atoms with Crippen LogP contribution in [0.25, 0.3) is 0 Å². The first kappa shape index (κ1) is 11.4. The largest absolute Gasteiger partial charge is 0.357 e. The zero-order valence-corrected chi connectivity index (χ0v) is 8.94. The van der Waals surface area contributed by atoms with Gasteiger partial charge in [-0.1, -0.05) is 15.9 Å². The van der Waals surface area contributed by atoms with Crippen LogP contribution < -0.4 is 10.6 Å². The van der Waals surface area contributed by atoms with Crippen molar-refractivity contribution in [1.29, 1.82) is 0 Å². The van der Waals surface area contributed by atoms with Gasteiger partial charge in [0.05, 0.1) is 4.83 Å². The molecule has 2 atom stereocenters. The second-order valence-corrected chi connectivity index (χ2v) is 3.83. The Morgan fingerprint density at radius 2 is 1.75 bits per heavy atom. The smallest absolute Gasteiger partial charge is 0.242 e. The van der Waals surface area contributed by atoms with Gasteiger partial charge in [0.25, 0.3) is 0 Å². The van der Waals surface area contributed by atoms with Crippen LogP contribution in [-0.2, 0) is 9.59 Å². The van der Waals surface area contributed by atoms with Gasteiger partial charge in [0.15, 0.2) is 0 Å². The van der Waals surface area contributed by atoms with Crippen molar-refractivity contribution in [2.45, 2.75) is 24.7 Å². The summed E-state index contributed by atoms with van der Waals surface area (Å²) in [4.78, 5) is 21.7. The van der Waals surface area contributed by atoms with E-state index < -0.39 is 6.04 Å². The molecule has 2 N–H and O–H groups in total. The molecule has 4 nitrogen and oxygen atoms in total. The molecule has 5 heteroatoms. The molecule has 0 saturated heterocycles. The molecule has 0 aliphatic heterocycles. The number of carbonyl (C=O) groups is 2. The van der Waals surface area contributed by atoms with Crippen LogP contribution >= 0.6 is 15.9 Å². The van der Waals surface area contributed by atoms with Gasteiger partial charge < -0.3 is 10.6 Å². The Hall–Kier alpha value is -0.580. The molecule has 0 radical (unpaired) electrons. The second-order valence-electron chi connectivity index (χ2n) is 2.46. The molecule has 2 amide bonds. The van der Waals surface area contributed by atoms with E-state index in [1.807, 2.05) is 0 Å². The monoisotopic (exact) mass is 236 g/mol. The second kappa shape index (κ2) is 5.13. The van der Waals surface area contributed by atoms with E-state index in [0.717, 1.165) is 0 Å². The van der Waals surface area contributed by atoms with E-state index in [-0.39, 0.29) is 16.6 Å². The molecule has 0 spiro atoms. The van der Waals surface area contributed by atoms with Crippen LogP contribution in [0.5, 0.6) is 0 Å². The molecule has 0 saturated carbocycles. The molecule has 0 bridgehead atoms. The van der Waals surface area contributed by atoms with Gasteiger partial charge in [-0.15, -0.1) is 0 Å². The van der Waals surface area contributed by atoms with Crippen molar-refractivity contribution >= 4 is 27.7 Å². The lowest BCUT2D eigenvalue weighted by molar-refractivity contribution is -0.127. The molecule has 0 aliphatic carbocycles. The fourth-order valence-electron chi connectivity index (χ4n) is 0.610. The van der Waals surface area contributed by atoms with Crippen molar-refractivity contribution in [3.8, 4) is 0 Å². The summed E-state index contributed by atoms with van der Waals surface area (Å²) in [5, 5.41) is 4.97. The highest BCUT2D eigenvalue weighted by Crippen LogP contribution is 1.97. The summed E-state index contributed by atoms with van der Waals surface area (Å²) in [7, 11) is 1.53. The summed E-state index contributed by atoms with van der Waals surface area (Å²) >= 11 is 3.10. The summed E-state index contributed by atoms with van der Waals surface area (Å²) in [6.07, 6.45) is 0. The lowest BCUT2D eigenvalue weighted by atomic mass is 10.3. The van der Waals surface area contributed by atoms with Gasteiger partial charge in [-0.05, 0) is 13.8 Å². The van der Waals surface area contributed by atoms with Gasteiger partial charge in [-0.25, -0.2) is 0 Å². The average Bonchev–Trinajstić information content (AvgIpc) is 2.02. The first-order chi connectivity index (χ1) is 5.49. The third-order valence-electron chi connectivity index (χ3n) is 1.36. The summed E-state index contributed by atoms with van der Waals surface area (Å²) in [5.74, 6) is -0.386. The quantitative estimate of drug-likeness (QED) is 0.680. The fourth-order valence-corrected chi connectivity index (χ4v) is 0.742. The third-order valence-corrected chi connectivity index (χ3v) is 1.78. The van der Waals surface area contributed by atoms with Gasteiger partial charge in [0.1, 0.15) is 6.04 Å². The molecule has 0 aliphatic rings. The molecule has 12 heavy (non-hydrogen) atoms. The normalized spacial score (nSPS) is 14.7. The number of hydrogen-bond donors (Lipinski definition) is 2. The zero-order chi connectivity index (χ0) is 9.72. The molecule has 0 rings (SSSR count). The number of likely N-dealkylation sites (N-methyl/N-ethyl adjacent to an activating group) is 1. The van der Waals surface area contributed by atoms with Crippen molar-refractivity contribution in [2.24, 2.45) is 0 Å². The average molecular weight is 237 g/mol. The number of alkyl halides is 1. The van der Waals surface area contributed by atoms with Gasteiger partial charge in [-0.3, -0.25) is 9.59 Å². The van der Waals surface area contributed by atoms with Crippen LogP contribution in [0.4, 0.5) is 0 Å². The number of carbonyl (C=O) groups excluding carboxylic acids is 2. The summed E-state index contributed by atoms with van der Waals surface area (Å²) in [6.45, 7) is 3.33. The highest BCUT2D eigenvalue weighted by Gasteiger charge is 2.16. The topological polar surface area (TPSA) is 58.2 Å². The number of nitrogens with one attached hydrogen (secondary N) is 2. The molecular formula is C7H13BrN2O2. The van der Waals surface area contributed by atoms with E-state index >= 15 is 0 Å². The highest BCUT2D eigenvalue weighted by molar-refractivity contribution is 9.10. The Morgan fingerprint density at radius 3 is 2.08 bits per heavy atom. The maximum absolute atomic E-state index is 11.0. The van der Waals surface area contributed by atoms with E-state index in [9.17, 15) is 9.59 Å². The first-order valence-corrected chi connectivity index (χ1v) is 4.56. The Kier molecular flexibility index (Phi) is 4.89. The Balaban J connectivity index is 3.92. The van der Waals surface area contributed by atoms with Crippen LogP contribution in [0, 0.1) is 0 Å². The Labute approximate surface area is 80.2 Å². The number of rotatable bonds is 3. The van der Waals surface area contributed by atoms with Crippen molar-refractivity contribution < 1.29 is 9.59 Å². The van der Waals surface area contributed by atoms with Crippen molar-refractivity contribution in [3.63, 3.8) is 0 Å². The van der Waals surface area contributed by atoms with Crippen LogP contribution in [0.1, 0.15) is 13.8 Å². The van der Waals surface area contributed by atoms with E-state index in [2.05, 4.69) is 26.6 Å². The molecule has 0 aromatic rings. The first-order valence-electron chi connectivity index (χ1n) is 3.65. The van der Waals surface area contributed by atoms with Crippen molar-refractivity contribution in [1.82, 2.24) is 10.6 Å². The minimum atomic E-state index is -0.484. The summed E-state index contributed by atoms with van der Waals surface area (Å²) in [5.41, 5.74) is 0.